The molecule has 128 valence electrons. The monoisotopic (exact) mass is 368 g/mol. The quantitative estimate of drug-likeness (QED) is 0.468. The first-order valence-electron chi connectivity index (χ1n) is 6.76. The molecule has 0 atom stereocenters. The number of nitriles is 1. The number of anilines is 1. The average Bonchev–Trinajstić information content (AvgIpc) is 2.55. The maximum atomic E-state index is 12.9. The van der Waals surface area contributed by atoms with Gasteiger partial charge in [0, 0.05) is 0 Å². The molecule has 2 aromatic rings. The van der Waals surface area contributed by atoms with Gasteiger partial charge in [-0.1, -0.05) is 23.7 Å². The SMILES string of the molecule is N#CC(=Cc1ccc(F)cc1)C(=O)Nc1cc(C(F)(F)F)ccc1Cl. The lowest BCUT2D eigenvalue weighted by Crippen LogP contribution is -2.15. The first-order valence-corrected chi connectivity index (χ1v) is 7.14. The van der Waals surface area contributed by atoms with E-state index in [2.05, 4.69) is 5.32 Å². The van der Waals surface area contributed by atoms with Crippen molar-refractivity contribution in [1.29, 1.82) is 5.26 Å². The number of alkyl halides is 3. The molecular formula is C17H9ClF4N2O. The van der Waals surface area contributed by atoms with Crippen molar-refractivity contribution in [3.8, 4) is 6.07 Å². The molecule has 0 saturated carbocycles. The van der Waals surface area contributed by atoms with Crippen molar-refractivity contribution in [2.24, 2.45) is 0 Å². The lowest BCUT2D eigenvalue weighted by Gasteiger charge is -2.11. The molecular weight excluding hydrogens is 360 g/mol. The van der Waals surface area contributed by atoms with Crippen LogP contribution in [0.2, 0.25) is 5.02 Å². The van der Waals surface area contributed by atoms with Gasteiger partial charge in [-0.05, 0) is 42.0 Å². The number of rotatable bonds is 3. The Morgan fingerprint density at radius 2 is 1.80 bits per heavy atom. The molecule has 0 aromatic heterocycles. The number of carbonyl (C=O) groups excluding carboxylic acids is 1. The van der Waals surface area contributed by atoms with E-state index in [0.29, 0.717) is 11.6 Å². The van der Waals surface area contributed by atoms with Crippen LogP contribution >= 0.6 is 11.6 Å². The molecule has 0 heterocycles. The Hall–Kier alpha value is -2.85. The van der Waals surface area contributed by atoms with Crippen molar-refractivity contribution in [1.82, 2.24) is 0 Å². The third-order valence-electron chi connectivity index (χ3n) is 3.09. The van der Waals surface area contributed by atoms with Gasteiger partial charge in [-0.15, -0.1) is 0 Å². The van der Waals surface area contributed by atoms with Crippen molar-refractivity contribution < 1.29 is 22.4 Å². The van der Waals surface area contributed by atoms with E-state index in [1.54, 1.807) is 6.07 Å². The molecule has 1 N–H and O–H groups in total. The molecule has 25 heavy (non-hydrogen) atoms. The van der Waals surface area contributed by atoms with E-state index in [9.17, 15) is 22.4 Å². The molecule has 0 fully saturated rings. The van der Waals surface area contributed by atoms with E-state index in [4.69, 9.17) is 16.9 Å². The molecule has 3 nitrogen and oxygen atoms in total. The first-order chi connectivity index (χ1) is 11.7. The Morgan fingerprint density at radius 1 is 1.16 bits per heavy atom. The summed E-state index contributed by atoms with van der Waals surface area (Å²) in [6.45, 7) is 0. The van der Waals surface area contributed by atoms with Gasteiger partial charge >= 0.3 is 6.18 Å². The topological polar surface area (TPSA) is 52.9 Å². The molecule has 0 spiro atoms. The fraction of sp³-hybridized carbons (Fsp3) is 0.0588. The summed E-state index contributed by atoms with van der Waals surface area (Å²) in [7, 11) is 0. The van der Waals surface area contributed by atoms with E-state index >= 15 is 0 Å². The highest BCUT2D eigenvalue weighted by molar-refractivity contribution is 6.34. The zero-order valence-corrected chi connectivity index (χ0v) is 13.1. The average molecular weight is 369 g/mol. The molecule has 0 aliphatic rings. The zero-order chi connectivity index (χ0) is 18.6. The van der Waals surface area contributed by atoms with Gasteiger partial charge in [0.2, 0.25) is 0 Å². The summed E-state index contributed by atoms with van der Waals surface area (Å²) in [5.74, 6) is -1.43. The van der Waals surface area contributed by atoms with Crippen LogP contribution in [0.15, 0.2) is 48.0 Å². The van der Waals surface area contributed by atoms with Gasteiger partial charge in [0.15, 0.2) is 0 Å². The Labute approximate surface area is 145 Å². The van der Waals surface area contributed by atoms with Crippen LogP contribution in [0, 0.1) is 17.1 Å². The predicted octanol–water partition coefficient (Wildman–Crippen LogP) is 5.04. The largest absolute Gasteiger partial charge is 0.416 e. The Balaban J connectivity index is 2.28. The van der Waals surface area contributed by atoms with Crippen LogP contribution in [0.25, 0.3) is 6.08 Å². The van der Waals surface area contributed by atoms with E-state index < -0.39 is 23.5 Å². The zero-order valence-electron chi connectivity index (χ0n) is 12.4. The molecule has 0 aliphatic carbocycles. The predicted molar refractivity (Wildman–Crippen MR) is 85.1 cm³/mol. The van der Waals surface area contributed by atoms with Crippen molar-refractivity contribution in [2.45, 2.75) is 6.18 Å². The Morgan fingerprint density at radius 3 is 2.36 bits per heavy atom. The molecule has 8 heteroatoms. The number of amides is 1. The maximum absolute atomic E-state index is 12.9. The van der Waals surface area contributed by atoms with Crippen LogP contribution in [-0.4, -0.2) is 5.91 Å². The summed E-state index contributed by atoms with van der Waals surface area (Å²) in [5, 5.41) is 11.1. The van der Waals surface area contributed by atoms with Gasteiger partial charge < -0.3 is 5.32 Å². The summed E-state index contributed by atoms with van der Waals surface area (Å²) in [6.07, 6.45) is -3.43. The molecule has 1 amide bonds. The Kier molecular flexibility index (Phi) is 5.45. The van der Waals surface area contributed by atoms with E-state index in [1.165, 1.54) is 18.2 Å². The normalized spacial score (nSPS) is 11.8. The lowest BCUT2D eigenvalue weighted by atomic mass is 10.1. The summed E-state index contributed by atoms with van der Waals surface area (Å²) in [5.41, 5.74) is -1.27. The third kappa shape index (κ3) is 4.81. The minimum absolute atomic E-state index is 0.111. The highest BCUT2D eigenvalue weighted by atomic mass is 35.5. The lowest BCUT2D eigenvalue weighted by molar-refractivity contribution is -0.137. The number of hydrogen-bond acceptors (Lipinski definition) is 2. The van der Waals surface area contributed by atoms with Gasteiger partial charge in [-0.3, -0.25) is 4.79 Å². The molecule has 0 saturated heterocycles. The van der Waals surface area contributed by atoms with Crippen LogP contribution < -0.4 is 5.32 Å². The van der Waals surface area contributed by atoms with Crippen LogP contribution in [0.1, 0.15) is 11.1 Å². The smallest absolute Gasteiger partial charge is 0.320 e. The number of carbonyl (C=O) groups is 1. The number of benzene rings is 2. The minimum atomic E-state index is -4.61. The molecule has 0 radical (unpaired) electrons. The summed E-state index contributed by atoms with van der Waals surface area (Å²) < 4.78 is 51.1. The van der Waals surface area contributed by atoms with Gasteiger partial charge in [0.25, 0.3) is 5.91 Å². The Bertz CT molecular complexity index is 868. The highest BCUT2D eigenvalue weighted by Gasteiger charge is 2.31. The number of nitrogens with zero attached hydrogens (tertiary/aromatic N) is 1. The van der Waals surface area contributed by atoms with Crippen molar-refractivity contribution >= 4 is 29.3 Å². The van der Waals surface area contributed by atoms with Crippen molar-refractivity contribution in [3.63, 3.8) is 0 Å². The first kappa shape index (κ1) is 18.5. The van der Waals surface area contributed by atoms with Gasteiger partial charge in [-0.25, -0.2) is 4.39 Å². The molecule has 2 rings (SSSR count). The molecule has 0 bridgehead atoms. The van der Waals surface area contributed by atoms with Gasteiger partial charge in [0.05, 0.1) is 16.3 Å². The van der Waals surface area contributed by atoms with E-state index in [-0.39, 0.29) is 16.3 Å². The van der Waals surface area contributed by atoms with Crippen LogP contribution in [0.4, 0.5) is 23.2 Å². The van der Waals surface area contributed by atoms with E-state index in [1.807, 2.05) is 0 Å². The van der Waals surface area contributed by atoms with Gasteiger partial charge in [-0.2, -0.15) is 18.4 Å². The number of hydrogen-bond donors (Lipinski definition) is 1. The third-order valence-corrected chi connectivity index (χ3v) is 3.42. The molecule has 2 aromatic carbocycles. The molecule has 0 unspecified atom stereocenters. The van der Waals surface area contributed by atoms with Crippen molar-refractivity contribution in [3.05, 3.63) is 70.0 Å². The fourth-order valence-corrected chi connectivity index (χ4v) is 2.03. The minimum Gasteiger partial charge on any atom is -0.320 e. The van der Waals surface area contributed by atoms with Crippen LogP contribution in [0.5, 0.6) is 0 Å². The second-order valence-electron chi connectivity index (χ2n) is 4.87. The molecule has 0 aliphatic heterocycles. The second-order valence-corrected chi connectivity index (χ2v) is 5.28. The number of nitrogens with one attached hydrogen (secondary N) is 1. The summed E-state index contributed by atoms with van der Waals surface area (Å²) in [6, 6.07) is 9.06. The number of halogens is 5. The fourth-order valence-electron chi connectivity index (χ4n) is 1.86. The maximum Gasteiger partial charge on any atom is 0.416 e. The summed E-state index contributed by atoms with van der Waals surface area (Å²) in [4.78, 5) is 12.1. The van der Waals surface area contributed by atoms with Crippen molar-refractivity contribution in [2.75, 3.05) is 5.32 Å². The standard InChI is InChI=1S/C17H9ClF4N2O/c18-14-6-3-12(17(20,21)22)8-15(14)24-16(25)11(9-23)7-10-1-4-13(19)5-2-10/h1-8H,(H,24,25). The summed E-state index contributed by atoms with van der Waals surface area (Å²) >= 11 is 5.79. The van der Waals surface area contributed by atoms with Gasteiger partial charge in [0.1, 0.15) is 17.5 Å². The highest BCUT2D eigenvalue weighted by Crippen LogP contribution is 2.34. The van der Waals surface area contributed by atoms with Crippen LogP contribution in [-0.2, 0) is 11.0 Å². The second kappa shape index (κ2) is 7.36. The van der Waals surface area contributed by atoms with Crippen LogP contribution in [0.3, 0.4) is 0 Å². The van der Waals surface area contributed by atoms with E-state index in [0.717, 1.165) is 24.3 Å².